The molecule has 0 aromatic heterocycles. The zero-order chi connectivity index (χ0) is 21.4. The summed E-state index contributed by atoms with van der Waals surface area (Å²) in [6.45, 7) is 15.3. The SMILES string of the molecule is CCC(O)(CC)C(NC(=O)CC(=O)NC(C(C)C)C(O)(CC)CC)C(C)C. The molecule has 0 heterocycles. The van der Waals surface area contributed by atoms with Crippen LogP contribution in [0.25, 0.3) is 0 Å². The normalized spacial score (nSPS) is 15.0. The van der Waals surface area contributed by atoms with Crippen molar-refractivity contribution >= 4 is 11.8 Å². The van der Waals surface area contributed by atoms with Crippen molar-refractivity contribution < 1.29 is 19.8 Å². The van der Waals surface area contributed by atoms with Crippen LogP contribution in [0.5, 0.6) is 0 Å². The highest BCUT2D eigenvalue weighted by Crippen LogP contribution is 2.26. The maximum Gasteiger partial charge on any atom is 0.229 e. The minimum absolute atomic E-state index is 0.0376. The molecule has 0 spiro atoms. The standard InChI is InChI=1S/C21H42N2O4/c1-9-20(26,10-2)18(14(5)6)22-16(24)13-17(25)23-19(15(7)8)21(27,11-3)12-4/h14-15,18-19,26-27H,9-13H2,1-8H3,(H,22,24)(H,23,25). The molecule has 0 aliphatic heterocycles. The number of nitrogens with one attached hydrogen (secondary N) is 2. The summed E-state index contributed by atoms with van der Waals surface area (Å²) in [5.41, 5.74) is -1.99. The van der Waals surface area contributed by atoms with E-state index in [2.05, 4.69) is 10.6 Å². The van der Waals surface area contributed by atoms with Crippen LogP contribution in [0.4, 0.5) is 0 Å². The highest BCUT2D eigenvalue weighted by molar-refractivity contribution is 5.97. The van der Waals surface area contributed by atoms with Gasteiger partial charge in [-0.1, -0.05) is 55.4 Å². The second kappa shape index (κ2) is 11.0. The molecule has 0 saturated heterocycles. The summed E-state index contributed by atoms with van der Waals surface area (Å²) in [6, 6.07) is -0.839. The summed E-state index contributed by atoms with van der Waals surface area (Å²) >= 11 is 0. The third-order valence-corrected chi connectivity index (χ3v) is 5.89. The average Bonchev–Trinajstić information content (AvgIpc) is 2.62. The molecular formula is C21H42N2O4. The third kappa shape index (κ3) is 7.07. The van der Waals surface area contributed by atoms with E-state index in [1.165, 1.54) is 0 Å². The molecule has 2 amide bonds. The summed E-state index contributed by atoms with van der Waals surface area (Å²) in [7, 11) is 0. The lowest BCUT2D eigenvalue weighted by atomic mass is 9.81. The molecule has 0 aromatic rings. The van der Waals surface area contributed by atoms with Crippen molar-refractivity contribution in [3.63, 3.8) is 0 Å². The second-order valence-electron chi connectivity index (χ2n) is 8.38. The largest absolute Gasteiger partial charge is 0.388 e. The van der Waals surface area contributed by atoms with Crippen molar-refractivity contribution in [2.24, 2.45) is 11.8 Å². The Bertz CT molecular complexity index is 427. The Balaban J connectivity index is 5.10. The van der Waals surface area contributed by atoms with Gasteiger partial charge >= 0.3 is 0 Å². The number of hydrogen-bond donors (Lipinski definition) is 4. The molecule has 4 N–H and O–H groups in total. The lowest BCUT2D eigenvalue weighted by Crippen LogP contribution is -2.57. The molecule has 6 nitrogen and oxygen atoms in total. The smallest absolute Gasteiger partial charge is 0.229 e. The van der Waals surface area contributed by atoms with Crippen molar-refractivity contribution in [2.75, 3.05) is 0 Å². The Labute approximate surface area is 165 Å². The van der Waals surface area contributed by atoms with Crippen LogP contribution in [0.3, 0.4) is 0 Å². The number of amides is 2. The van der Waals surface area contributed by atoms with Crippen LogP contribution in [0, 0.1) is 11.8 Å². The maximum atomic E-state index is 12.4. The highest BCUT2D eigenvalue weighted by Gasteiger charge is 2.38. The summed E-state index contributed by atoms with van der Waals surface area (Å²) in [6.07, 6.45) is 1.77. The first-order valence-corrected chi connectivity index (χ1v) is 10.4. The van der Waals surface area contributed by atoms with E-state index in [1.54, 1.807) is 0 Å². The van der Waals surface area contributed by atoms with Gasteiger partial charge in [-0.2, -0.15) is 0 Å². The van der Waals surface area contributed by atoms with Crippen LogP contribution in [0.15, 0.2) is 0 Å². The molecule has 0 aliphatic carbocycles. The lowest BCUT2D eigenvalue weighted by Gasteiger charge is -2.39. The Morgan fingerprint density at radius 3 is 1.15 bits per heavy atom. The summed E-state index contributed by atoms with van der Waals surface area (Å²) < 4.78 is 0. The Hall–Kier alpha value is -1.14. The second-order valence-corrected chi connectivity index (χ2v) is 8.38. The molecule has 2 unspecified atom stereocenters. The minimum Gasteiger partial charge on any atom is -0.388 e. The summed E-state index contributed by atoms with van der Waals surface area (Å²) in [4.78, 5) is 24.9. The predicted octanol–water partition coefficient (Wildman–Crippen LogP) is 2.76. The molecule has 0 rings (SSSR count). The summed E-state index contributed by atoms with van der Waals surface area (Å²) in [5, 5.41) is 27.3. The van der Waals surface area contributed by atoms with Gasteiger partial charge in [-0.3, -0.25) is 9.59 Å². The van der Waals surface area contributed by atoms with Crippen LogP contribution in [-0.4, -0.2) is 45.3 Å². The van der Waals surface area contributed by atoms with Crippen LogP contribution >= 0.6 is 0 Å². The minimum atomic E-state index is -0.995. The molecule has 160 valence electrons. The number of carbonyl (C=O) groups is 2. The van der Waals surface area contributed by atoms with Crippen LogP contribution in [0.1, 0.15) is 87.5 Å². The van der Waals surface area contributed by atoms with Crippen LogP contribution in [-0.2, 0) is 9.59 Å². The fourth-order valence-electron chi connectivity index (χ4n) is 3.82. The first-order valence-electron chi connectivity index (χ1n) is 10.4. The zero-order valence-corrected chi connectivity index (χ0v) is 18.6. The van der Waals surface area contributed by atoms with E-state index >= 15 is 0 Å². The van der Waals surface area contributed by atoms with E-state index in [4.69, 9.17) is 0 Å². The van der Waals surface area contributed by atoms with Crippen molar-refractivity contribution in [1.82, 2.24) is 10.6 Å². The van der Waals surface area contributed by atoms with Gasteiger partial charge in [0.15, 0.2) is 0 Å². The van der Waals surface area contributed by atoms with Crippen molar-refractivity contribution in [3.05, 3.63) is 0 Å². The van der Waals surface area contributed by atoms with Gasteiger partial charge < -0.3 is 20.8 Å². The van der Waals surface area contributed by atoms with Crippen LogP contribution in [0.2, 0.25) is 0 Å². The number of aliphatic hydroxyl groups is 2. The molecule has 6 heteroatoms. The molecular weight excluding hydrogens is 344 g/mol. The van der Waals surface area contributed by atoms with E-state index in [-0.39, 0.29) is 18.3 Å². The molecule has 0 saturated carbocycles. The Kier molecular flexibility index (Phi) is 10.5. The quantitative estimate of drug-likeness (QED) is 0.388. The third-order valence-electron chi connectivity index (χ3n) is 5.89. The predicted molar refractivity (Wildman–Crippen MR) is 109 cm³/mol. The average molecular weight is 387 g/mol. The molecule has 0 aromatic carbocycles. The molecule has 0 radical (unpaired) electrons. The first-order chi connectivity index (χ1) is 12.4. The van der Waals surface area contributed by atoms with Gasteiger partial charge in [0.25, 0.3) is 0 Å². The van der Waals surface area contributed by atoms with Crippen LogP contribution < -0.4 is 10.6 Å². The van der Waals surface area contributed by atoms with Gasteiger partial charge in [-0.05, 0) is 37.5 Å². The van der Waals surface area contributed by atoms with E-state index in [0.29, 0.717) is 25.7 Å². The lowest BCUT2D eigenvalue weighted by molar-refractivity contribution is -0.134. The van der Waals surface area contributed by atoms with Gasteiger partial charge in [0.2, 0.25) is 11.8 Å². The van der Waals surface area contributed by atoms with Gasteiger partial charge in [-0.15, -0.1) is 0 Å². The molecule has 0 bridgehead atoms. The van der Waals surface area contributed by atoms with E-state index < -0.39 is 35.1 Å². The molecule has 27 heavy (non-hydrogen) atoms. The number of carbonyl (C=O) groups excluding carboxylic acids is 2. The number of rotatable bonds is 12. The Morgan fingerprint density at radius 2 is 0.963 bits per heavy atom. The monoisotopic (exact) mass is 386 g/mol. The fourth-order valence-corrected chi connectivity index (χ4v) is 3.82. The van der Waals surface area contributed by atoms with E-state index in [9.17, 15) is 19.8 Å². The van der Waals surface area contributed by atoms with Gasteiger partial charge in [0.05, 0.1) is 23.3 Å². The van der Waals surface area contributed by atoms with Crippen molar-refractivity contribution in [3.8, 4) is 0 Å². The van der Waals surface area contributed by atoms with Gasteiger partial charge in [0.1, 0.15) is 6.42 Å². The Morgan fingerprint density at radius 1 is 0.704 bits per heavy atom. The molecule has 2 atom stereocenters. The van der Waals surface area contributed by atoms with E-state index in [1.807, 2.05) is 55.4 Å². The van der Waals surface area contributed by atoms with Gasteiger partial charge in [-0.25, -0.2) is 0 Å². The van der Waals surface area contributed by atoms with E-state index in [0.717, 1.165) is 0 Å². The van der Waals surface area contributed by atoms with Gasteiger partial charge in [0, 0.05) is 0 Å². The zero-order valence-electron chi connectivity index (χ0n) is 18.6. The number of hydrogen-bond acceptors (Lipinski definition) is 4. The topological polar surface area (TPSA) is 98.7 Å². The summed E-state index contributed by atoms with van der Waals surface area (Å²) in [5.74, 6) is -0.748. The fraction of sp³-hybridized carbons (Fsp3) is 0.905. The maximum absolute atomic E-state index is 12.4. The highest BCUT2D eigenvalue weighted by atomic mass is 16.3. The van der Waals surface area contributed by atoms with Crippen molar-refractivity contribution in [1.29, 1.82) is 0 Å². The molecule has 0 fully saturated rings. The molecule has 0 aliphatic rings. The van der Waals surface area contributed by atoms with Crippen molar-refractivity contribution in [2.45, 2.75) is 111 Å². The first kappa shape index (κ1) is 25.9.